The molecule has 5 N–H and O–H groups in total. The Labute approximate surface area is 350 Å². The summed E-state index contributed by atoms with van der Waals surface area (Å²) < 4.78 is 0. The van der Waals surface area contributed by atoms with Gasteiger partial charge in [0.05, 0.1) is 24.4 Å². The number of nitrogens with one attached hydrogen (secondary N) is 5. The molecule has 0 aliphatic heterocycles. The maximum absolute atomic E-state index is 14.2. The van der Waals surface area contributed by atoms with Crippen LogP contribution in [0, 0.1) is 23.7 Å². The molecule has 0 spiro atoms. The average molecular weight is 840 g/mol. The van der Waals surface area contributed by atoms with Gasteiger partial charge < -0.3 is 30.1 Å². The van der Waals surface area contributed by atoms with Crippen LogP contribution in [0.5, 0.6) is 0 Å². The number of rotatable bonds is 19. The van der Waals surface area contributed by atoms with Gasteiger partial charge in [-0.05, 0) is 63.8 Å². The maximum Gasteiger partial charge on any atom is 0.335 e. The SMILES string of the molecule is CNC(=O)N(C)C(=O)N(C)C(=O)NC(=O)N(C)[C@H](C)C(=O)N(C)[C@@H](CC(C)C)C(=O)NC(C(C)C)N(C)[C@@H](CC(C)C)N[C@H](C)C(=O)NC(=O)N(C)[C@H](C=O)CC(C)C. The summed E-state index contributed by atoms with van der Waals surface area (Å²) in [6, 6.07) is -8.30. The molecule has 0 aliphatic rings. The molecule has 0 aromatic rings. The molecule has 20 nitrogen and oxygen atoms in total. The zero-order valence-corrected chi connectivity index (χ0v) is 38.3. The number of carbonyl (C=O) groups excluding carboxylic acids is 9. The van der Waals surface area contributed by atoms with E-state index in [0.29, 0.717) is 28.9 Å². The van der Waals surface area contributed by atoms with Gasteiger partial charge in [-0.25, -0.2) is 33.8 Å². The van der Waals surface area contributed by atoms with Gasteiger partial charge in [0.25, 0.3) is 0 Å². The van der Waals surface area contributed by atoms with E-state index in [1.807, 2.05) is 65.6 Å². The molecule has 0 saturated heterocycles. The molecule has 0 aromatic heterocycles. The van der Waals surface area contributed by atoms with E-state index >= 15 is 0 Å². The van der Waals surface area contributed by atoms with Crippen molar-refractivity contribution >= 4 is 54.2 Å². The van der Waals surface area contributed by atoms with Gasteiger partial charge in [-0.3, -0.25) is 35.2 Å². The predicted octanol–water partition coefficient (Wildman–Crippen LogP) is 2.49. The monoisotopic (exact) mass is 840 g/mol. The molecule has 20 heteroatoms. The third kappa shape index (κ3) is 16.7. The molecule has 0 bridgehead atoms. The van der Waals surface area contributed by atoms with Crippen molar-refractivity contribution in [3.8, 4) is 0 Å². The summed E-state index contributed by atoms with van der Waals surface area (Å²) in [5.41, 5.74) is 0. The molecule has 0 heterocycles. The Balaban J connectivity index is 6.15. The van der Waals surface area contributed by atoms with Gasteiger partial charge >= 0.3 is 30.2 Å². The first-order chi connectivity index (χ1) is 27.1. The average Bonchev–Trinajstić information content (AvgIpc) is 3.16. The van der Waals surface area contributed by atoms with E-state index in [4.69, 9.17) is 0 Å². The molecule has 0 fully saturated rings. The maximum atomic E-state index is 14.2. The number of carbonyl (C=O) groups is 9. The Kier molecular flexibility index (Phi) is 22.9. The number of aldehydes is 1. The minimum atomic E-state index is -1.16. The highest BCUT2D eigenvalue weighted by atomic mass is 16.2. The van der Waals surface area contributed by atoms with E-state index in [-0.39, 0.29) is 30.1 Å². The number of likely N-dealkylation sites (N-methyl/N-ethyl adjacent to an activating group) is 3. The smallest absolute Gasteiger partial charge is 0.335 e. The van der Waals surface area contributed by atoms with Crippen molar-refractivity contribution in [2.75, 3.05) is 49.3 Å². The highest BCUT2D eigenvalue weighted by molar-refractivity contribution is 6.05. The number of urea groups is 5. The van der Waals surface area contributed by atoms with Crippen molar-refractivity contribution < 1.29 is 43.2 Å². The fourth-order valence-corrected chi connectivity index (χ4v) is 6.08. The van der Waals surface area contributed by atoms with Crippen LogP contribution in [0.25, 0.3) is 0 Å². The normalized spacial score (nSPS) is 14.4. The molecule has 6 atom stereocenters. The van der Waals surface area contributed by atoms with Crippen LogP contribution >= 0.6 is 0 Å². The van der Waals surface area contributed by atoms with Crippen molar-refractivity contribution in [3.05, 3.63) is 0 Å². The summed E-state index contributed by atoms with van der Waals surface area (Å²) >= 11 is 0. The Morgan fingerprint density at radius 2 is 1.07 bits per heavy atom. The van der Waals surface area contributed by atoms with Gasteiger partial charge in [-0.15, -0.1) is 0 Å². The zero-order valence-electron chi connectivity index (χ0n) is 38.3. The van der Waals surface area contributed by atoms with E-state index in [1.54, 1.807) is 14.0 Å². The molecule has 338 valence electrons. The second kappa shape index (κ2) is 24.9. The van der Waals surface area contributed by atoms with E-state index in [2.05, 4.69) is 21.3 Å². The minimum Gasteiger partial charge on any atom is -0.341 e. The van der Waals surface area contributed by atoms with Gasteiger partial charge in [0.15, 0.2) is 0 Å². The van der Waals surface area contributed by atoms with Crippen LogP contribution < -0.4 is 26.6 Å². The molecule has 59 heavy (non-hydrogen) atoms. The molecule has 0 aromatic carbocycles. The fraction of sp³-hybridized carbons (Fsp3) is 0.769. The Morgan fingerprint density at radius 3 is 1.53 bits per heavy atom. The van der Waals surface area contributed by atoms with E-state index in [1.165, 1.54) is 44.9 Å². The number of amides is 13. The van der Waals surface area contributed by atoms with E-state index in [0.717, 1.165) is 19.0 Å². The standard InChI is InChI=1S/C39H73N11O9/c1-22(2)18-28(21-51)46(13)36(56)43-32(52)26(9)41-30(20-24(5)6)48(15)31(25(7)8)42-33(53)29(19-23(3)4)47(14)34(54)27(10)45(12)37(57)44-38(58)50(17)39(59)49(16)35(55)40-11/h21-31,41H,18-20H2,1-17H3,(H,40,55)(H,42,53)(H,43,52,56)(H,44,57,58)/t26-,27-,28+,29+,30+,31?/m1/s1. The molecular formula is C39H73N11O9. The van der Waals surface area contributed by atoms with Crippen LogP contribution in [0.3, 0.4) is 0 Å². The third-order valence-electron chi connectivity index (χ3n) is 9.98. The summed E-state index contributed by atoms with van der Waals surface area (Å²) in [6.45, 7) is 18.6. The molecule has 0 saturated carbocycles. The number of hydrogen-bond acceptors (Lipinski definition) is 11. The lowest BCUT2D eigenvalue weighted by Crippen LogP contribution is -2.63. The van der Waals surface area contributed by atoms with Crippen LogP contribution in [0.4, 0.5) is 24.0 Å². The van der Waals surface area contributed by atoms with Gasteiger partial charge in [-0.2, -0.15) is 0 Å². The summed E-state index contributed by atoms with van der Waals surface area (Å²) in [6.07, 6.45) is 0.899. The second-order valence-corrected chi connectivity index (χ2v) is 16.7. The number of hydrogen-bond donors (Lipinski definition) is 5. The van der Waals surface area contributed by atoms with Crippen molar-refractivity contribution in [1.29, 1.82) is 0 Å². The first-order valence-corrected chi connectivity index (χ1v) is 20.0. The molecule has 0 aliphatic carbocycles. The summed E-state index contributed by atoms with van der Waals surface area (Å²) in [4.78, 5) is 122. The van der Waals surface area contributed by atoms with Crippen LogP contribution in [-0.2, 0) is 19.2 Å². The Morgan fingerprint density at radius 1 is 0.576 bits per heavy atom. The lowest BCUT2D eigenvalue weighted by molar-refractivity contribution is -0.143. The van der Waals surface area contributed by atoms with E-state index < -0.39 is 84.4 Å². The van der Waals surface area contributed by atoms with Crippen LogP contribution in [0.1, 0.15) is 88.5 Å². The summed E-state index contributed by atoms with van der Waals surface area (Å²) in [5.74, 6) is -1.53. The van der Waals surface area contributed by atoms with Gasteiger partial charge in [0.2, 0.25) is 17.7 Å². The zero-order chi connectivity index (χ0) is 46.2. The first kappa shape index (κ1) is 54.2. The molecule has 0 rings (SSSR count). The van der Waals surface area contributed by atoms with E-state index in [9.17, 15) is 43.2 Å². The number of nitrogens with zero attached hydrogens (tertiary/aromatic N) is 6. The summed E-state index contributed by atoms with van der Waals surface area (Å²) in [5, 5.41) is 13.1. The van der Waals surface area contributed by atoms with Crippen LogP contribution in [0.15, 0.2) is 0 Å². The topological polar surface area (TPSA) is 233 Å². The Bertz CT molecular complexity index is 1480. The largest absolute Gasteiger partial charge is 0.341 e. The van der Waals surface area contributed by atoms with Crippen molar-refractivity contribution in [2.45, 2.75) is 125 Å². The quantitative estimate of drug-likeness (QED) is 0.0937. The van der Waals surface area contributed by atoms with Gasteiger partial charge in [-0.1, -0.05) is 55.4 Å². The fourth-order valence-electron chi connectivity index (χ4n) is 6.08. The minimum absolute atomic E-state index is 0.0326. The van der Waals surface area contributed by atoms with Crippen molar-refractivity contribution in [1.82, 2.24) is 56.0 Å². The Hall–Kier alpha value is -4.85. The second-order valence-electron chi connectivity index (χ2n) is 16.7. The lowest BCUT2D eigenvalue weighted by atomic mass is 10.00. The lowest BCUT2D eigenvalue weighted by Gasteiger charge is -2.41. The van der Waals surface area contributed by atoms with Crippen LogP contribution in [-0.4, -0.2) is 169 Å². The molecular weight excluding hydrogens is 766 g/mol. The first-order valence-electron chi connectivity index (χ1n) is 20.0. The van der Waals surface area contributed by atoms with Crippen molar-refractivity contribution in [3.63, 3.8) is 0 Å². The molecule has 1 unspecified atom stereocenters. The molecule has 13 amide bonds. The summed E-state index contributed by atoms with van der Waals surface area (Å²) in [7, 11) is 9.54. The van der Waals surface area contributed by atoms with Gasteiger partial charge in [0, 0.05) is 42.3 Å². The van der Waals surface area contributed by atoms with Gasteiger partial charge in [0.1, 0.15) is 18.4 Å². The molecule has 0 radical (unpaired) electrons. The van der Waals surface area contributed by atoms with Crippen molar-refractivity contribution in [2.24, 2.45) is 23.7 Å². The third-order valence-corrected chi connectivity index (χ3v) is 9.98. The van der Waals surface area contributed by atoms with Crippen LogP contribution in [0.2, 0.25) is 0 Å². The number of imide groups is 4. The predicted molar refractivity (Wildman–Crippen MR) is 224 cm³/mol. The highest BCUT2D eigenvalue weighted by Crippen LogP contribution is 2.19. The highest BCUT2D eigenvalue weighted by Gasteiger charge is 2.37.